The van der Waals surface area contributed by atoms with Crippen LogP contribution in [-0.4, -0.2) is 9.97 Å². The van der Waals surface area contributed by atoms with Crippen LogP contribution in [0.3, 0.4) is 0 Å². The molecule has 1 aromatic heterocycles. The molecule has 0 fully saturated rings. The molecule has 2 aliphatic rings. The Morgan fingerprint density at radius 2 is 0.677 bits per heavy atom. The second-order valence-electron chi connectivity index (χ2n) is 17.2. The van der Waals surface area contributed by atoms with Crippen molar-refractivity contribution in [2.45, 2.75) is 5.41 Å². The molecule has 0 amide bonds. The summed E-state index contributed by atoms with van der Waals surface area (Å²) in [4.78, 5) is 10.3. The summed E-state index contributed by atoms with van der Waals surface area (Å²) < 4.78 is 0. The lowest BCUT2D eigenvalue weighted by molar-refractivity contribution is 0.794. The molecule has 0 N–H and O–H groups in total. The van der Waals surface area contributed by atoms with Crippen LogP contribution in [0.4, 0.5) is 0 Å². The van der Waals surface area contributed by atoms with Crippen LogP contribution in [0.2, 0.25) is 0 Å². The molecule has 0 radical (unpaired) electrons. The van der Waals surface area contributed by atoms with Crippen molar-refractivity contribution >= 4 is 10.8 Å². The lowest BCUT2D eigenvalue weighted by atomic mass is 9.70. The Kier molecular flexibility index (Phi) is 8.47. The summed E-state index contributed by atoms with van der Waals surface area (Å²) in [7, 11) is 0. The fraction of sp³-hybridized carbons (Fsp3) is 0.0159. The smallest absolute Gasteiger partial charge is 0.160 e. The Balaban J connectivity index is 1.01. The van der Waals surface area contributed by atoms with Gasteiger partial charge in [-0.05, 0) is 125 Å². The maximum absolute atomic E-state index is 5.17. The van der Waals surface area contributed by atoms with Gasteiger partial charge in [-0.3, -0.25) is 0 Å². The second-order valence-corrected chi connectivity index (χ2v) is 17.2. The minimum Gasteiger partial charge on any atom is -0.228 e. The SMILES string of the molecule is c1ccc(-c2cc(-c3ccccc3)nc(-c3cccc(-c4cccc(-c5cc6c(cc5-c5ccc7ccccc7c5)-c5ccccc5C65c6ccccc6-c6ccccc65)c4)c3)n2)cc1. The van der Waals surface area contributed by atoms with Crippen molar-refractivity contribution in [3.8, 4) is 89.5 Å². The molecule has 65 heavy (non-hydrogen) atoms. The Morgan fingerprint density at radius 3 is 1.29 bits per heavy atom. The Labute approximate surface area is 378 Å². The first-order chi connectivity index (χ1) is 32.2. The zero-order valence-corrected chi connectivity index (χ0v) is 35.5. The summed E-state index contributed by atoms with van der Waals surface area (Å²) in [6.45, 7) is 0. The molecule has 0 aliphatic heterocycles. The van der Waals surface area contributed by atoms with Crippen LogP contribution < -0.4 is 0 Å². The molecular weight excluding hydrogens is 785 g/mol. The molecule has 0 saturated heterocycles. The third-order valence-corrected chi connectivity index (χ3v) is 13.7. The van der Waals surface area contributed by atoms with Gasteiger partial charge in [0.15, 0.2) is 5.82 Å². The molecule has 2 nitrogen and oxygen atoms in total. The molecule has 2 heteroatoms. The standard InChI is InChI=1S/C63H40N2/c1-3-18-42(19-4-1)60-40-61(43-20-5-2-6-21-43)65-62(64-60)49-26-16-24-46(37-49)45-23-15-25-47(36-45)54-39-59-55(38-53(54)48-34-33-41-17-7-8-22-44(41)35-48)52-29-11-14-32-58(52)63(59)56-30-12-9-27-50(56)51-28-10-13-31-57(51)63/h1-40H. The average Bonchev–Trinajstić information content (AvgIpc) is 3.85. The molecule has 1 spiro atoms. The van der Waals surface area contributed by atoms with Gasteiger partial charge in [-0.1, -0.05) is 206 Å². The van der Waals surface area contributed by atoms with Crippen molar-refractivity contribution in [1.82, 2.24) is 9.97 Å². The highest BCUT2D eigenvalue weighted by atomic mass is 14.9. The molecule has 0 atom stereocenters. The number of hydrogen-bond acceptors (Lipinski definition) is 2. The normalized spacial score (nSPS) is 12.7. The van der Waals surface area contributed by atoms with Crippen molar-refractivity contribution in [2.24, 2.45) is 0 Å². The number of aromatic nitrogens is 2. The van der Waals surface area contributed by atoms with E-state index in [0.29, 0.717) is 5.82 Å². The molecule has 0 unspecified atom stereocenters. The fourth-order valence-corrected chi connectivity index (χ4v) is 10.8. The summed E-state index contributed by atoms with van der Waals surface area (Å²) in [5.74, 6) is 0.697. The average molecular weight is 825 g/mol. The van der Waals surface area contributed by atoms with E-state index in [0.717, 1.165) is 39.2 Å². The second kappa shape index (κ2) is 14.8. The Hall–Kier alpha value is -8.46. The quantitative estimate of drug-likeness (QED) is 0.167. The van der Waals surface area contributed by atoms with Gasteiger partial charge in [0, 0.05) is 16.7 Å². The van der Waals surface area contributed by atoms with Gasteiger partial charge in [0.2, 0.25) is 0 Å². The number of hydrogen-bond donors (Lipinski definition) is 0. The molecular formula is C63H40N2. The van der Waals surface area contributed by atoms with Crippen LogP contribution in [0.1, 0.15) is 22.3 Å². The van der Waals surface area contributed by atoms with Crippen molar-refractivity contribution in [3.63, 3.8) is 0 Å². The van der Waals surface area contributed by atoms with Crippen LogP contribution >= 0.6 is 0 Å². The number of rotatable bonds is 6. The highest BCUT2D eigenvalue weighted by molar-refractivity contribution is 6.00. The van der Waals surface area contributed by atoms with E-state index in [1.54, 1.807) is 0 Å². The van der Waals surface area contributed by atoms with Gasteiger partial charge < -0.3 is 0 Å². The van der Waals surface area contributed by atoms with E-state index in [1.165, 1.54) is 77.5 Å². The molecule has 302 valence electrons. The Bertz CT molecular complexity index is 3560. The van der Waals surface area contributed by atoms with Gasteiger partial charge in [-0.15, -0.1) is 0 Å². The molecule has 11 aromatic rings. The van der Waals surface area contributed by atoms with Gasteiger partial charge in [0.05, 0.1) is 16.8 Å². The fourth-order valence-electron chi connectivity index (χ4n) is 10.8. The lowest BCUT2D eigenvalue weighted by Gasteiger charge is -2.31. The number of benzene rings is 10. The number of fused-ring (bicyclic) bond motifs is 11. The van der Waals surface area contributed by atoms with Crippen molar-refractivity contribution < 1.29 is 0 Å². The molecule has 10 aromatic carbocycles. The van der Waals surface area contributed by atoms with Crippen molar-refractivity contribution in [2.75, 3.05) is 0 Å². The molecule has 13 rings (SSSR count). The maximum Gasteiger partial charge on any atom is 0.160 e. The largest absolute Gasteiger partial charge is 0.228 e. The van der Waals surface area contributed by atoms with E-state index in [9.17, 15) is 0 Å². The van der Waals surface area contributed by atoms with E-state index in [1.807, 2.05) is 12.1 Å². The highest BCUT2D eigenvalue weighted by Crippen LogP contribution is 2.63. The lowest BCUT2D eigenvalue weighted by Crippen LogP contribution is -2.25. The van der Waals surface area contributed by atoms with Crippen molar-refractivity contribution in [1.29, 1.82) is 0 Å². The van der Waals surface area contributed by atoms with Crippen LogP contribution in [-0.2, 0) is 5.41 Å². The minimum absolute atomic E-state index is 0.450. The third kappa shape index (κ3) is 5.88. The summed E-state index contributed by atoms with van der Waals surface area (Å²) in [6, 6.07) is 88.4. The topological polar surface area (TPSA) is 25.8 Å². The van der Waals surface area contributed by atoms with Crippen LogP contribution in [0.15, 0.2) is 243 Å². The zero-order chi connectivity index (χ0) is 42.9. The summed E-state index contributed by atoms with van der Waals surface area (Å²) in [5, 5.41) is 2.46. The maximum atomic E-state index is 5.17. The first kappa shape index (κ1) is 37.1. The number of nitrogens with zero attached hydrogens (tertiary/aromatic N) is 2. The monoisotopic (exact) mass is 824 g/mol. The first-order valence-corrected chi connectivity index (χ1v) is 22.4. The van der Waals surface area contributed by atoms with Gasteiger partial charge >= 0.3 is 0 Å². The van der Waals surface area contributed by atoms with Crippen LogP contribution in [0, 0.1) is 0 Å². The summed E-state index contributed by atoms with van der Waals surface area (Å²) in [6.07, 6.45) is 0. The van der Waals surface area contributed by atoms with Gasteiger partial charge in [-0.25, -0.2) is 9.97 Å². The minimum atomic E-state index is -0.450. The molecule has 2 aliphatic carbocycles. The molecule has 0 saturated carbocycles. The predicted octanol–water partition coefficient (Wildman–Crippen LogP) is 16.0. The van der Waals surface area contributed by atoms with E-state index in [4.69, 9.17) is 9.97 Å². The van der Waals surface area contributed by atoms with E-state index in [2.05, 4.69) is 231 Å². The predicted molar refractivity (Wildman–Crippen MR) is 268 cm³/mol. The Morgan fingerprint density at radius 1 is 0.231 bits per heavy atom. The van der Waals surface area contributed by atoms with Gasteiger partial charge in [0.25, 0.3) is 0 Å². The zero-order valence-electron chi connectivity index (χ0n) is 35.5. The third-order valence-electron chi connectivity index (χ3n) is 13.7. The molecule has 1 heterocycles. The van der Waals surface area contributed by atoms with Crippen LogP contribution in [0.5, 0.6) is 0 Å². The summed E-state index contributed by atoms with van der Waals surface area (Å²) in [5.41, 5.74) is 22.0. The van der Waals surface area contributed by atoms with E-state index in [-0.39, 0.29) is 0 Å². The van der Waals surface area contributed by atoms with E-state index >= 15 is 0 Å². The van der Waals surface area contributed by atoms with Gasteiger partial charge in [-0.2, -0.15) is 0 Å². The van der Waals surface area contributed by atoms with Crippen molar-refractivity contribution in [3.05, 3.63) is 265 Å². The first-order valence-electron chi connectivity index (χ1n) is 22.4. The summed E-state index contributed by atoms with van der Waals surface area (Å²) >= 11 is 0. The molecule has 0 bridgehead atoms. The highest BCUT2D eigenvalue weighted by Gasteiger charge is 2.51. The van der Waals surface area contributed by atoms with Gasteiger partial charge in [0.1, 0.15) is 0 Å². The van der Waals surface area contributed by atoms with E-state index < -0.39 is 5.41 Å². The van der Waals surface area contributed by atoms with Crippen LogP contribution in [0.25, 0.3) is 100 Å².